The number of nitrogens with one attached hydrogen (secondary N) is 1. The van der Waals surface area contributed by atoms with E-state index in [-0.39, 0.29) is 11.8 Å². The summed E-state index contributed by atoms with van der Waals surface area (Å²) in [6, 6.07) is 23.5. The molecule has 0 radical (unpaired) electrons. The zero-order valence-corrected chi connectivity index (χ0v) is 14.4. The van der Waals surface area contributed by atoms with E-state index in [1.807, 2.05) is 42.5 Å². The van der Waals surface area contributed by atoms with E-state index in [0.29, 0.717) is 28.7 Å². The van der Waals surface area contributed by atoms with Crippen LogP contribution in [0.3, 0.4) is 0 Å². The number of hydrogen-bond acceptors (Lipinski definition) is 4. The fraction of sp³-hybridized carbons (Fsp3) is 0.0476. The minimum absolute atomic E-state index is 0.109. The summed E-state index contributed by atoms with van der Waals surface area (Å²) in [7, 11) is 0. The largest absolute Gasteiger partial charge is 0.326 e. The molecule has 0 spiro atoms. The molecule has 0 aliphatic rings. The second-order valence-electron chi connectivity index (χ2n) is 6.08. The molecule has 132 valence electrons. The zero-order chi connectivity index (χ0) is 18.6. The van der Waals surface area contributed by atoms with Gasteiger partial charge in [-0.3, -0.25) is 9.59 Å². The summed E-state index contributed by atoms with van der Waals surface area (Å²) in [6.45, 7) is 0. The first kappa shape index (κ1) is 16.7. The highest BCUT2D eigenvalue weighted by Crippen LogP contribution is 2.15. The van der Waals surface area contributed by atoms with Gasteiger partial charge in [0.15, 0.2) is 0 Å². The average molecular weight is 356 g/mol. The van der Waals surface area contributed by atoms with Crippen molar-refractivity contribution in [1.29, 1.82) is 0 Å². The molecule has 1 N–H and O–H groups in total. The normalized spacial score (nSPS) is 10.7. The van der Waals surface area contributed by atoms with Crippen LogP contribution in [-0.2, 0) is 11.2 Å². The van der Waals surface area contributed by atoms with E-state index in [0.717, 1.165) is 5.56 Å². The van der Waals surface area contributed by atoms with Crippen LogP contribution >= 0.6 is 0 Å². The molecule has 6 heteroatoms. The van der Waals surface area contributed by atoms with Crippen LogP contribution in [0, 0.1) is 0 Å². The van der Waals surface area contributed by atoms with E-state index in [1.165, 1.54) is 4.68 Å². The molecule has 3 aromatic carbocycles. The van der Waals surface area contributed by atoms with Gasteiger partial charge in [0.05, 0.1) is 11.9 Å². The van der Waals surface area contributed by atoms with E-state index < -0.39 is 0 Å². The van der Waals surface area contributed by atoms with Gasteiger partial charge in [-0.1, -0.05) is 47.7 Å². The van der Waals surface area contributed by atoms with Crippen LogP contribution in [0.2, 0.25) is 0 Å². The number of amides is 1. The molecule has 1 amide bonds. The minimum Gasteiger partial charge on any atom is -0.326 e. The summed E-state index contributed by atoms with van der Waals surface area (Å²) >= 11 is 0. The Kier molecular flexibility index (Phi) is 4.45. The van der Waals surface area contributed by atoms with Gasteiger partial charge in [0.2, 0.25) is 5.91 Å². The maximum atomic E-state index is 12.7. The molecule has 0 unspecified atom stereocenters. The van der Waals surface area contributed by atoms with Crippen molar-refractivity contribution in [2.24, 2.45) is 0 Å². The Morgan fingerprint density at radius 1 is 0.852 bits per heavy atom. The number of aromatic nitrogens is 3. The molecule has 27 heavy (non-hydrogen) atoms. The molecule has 6 nitrogen and oxygen atoms in total. The fourth-order valence-corrected chi connectivity index (χ4v) is 2.82. The van der Waals surface area contributed by atoms with Crippen LogP contribution in [0.4, 0.5) is 5.69 Å². The standard InChI is InChI=1S/C21H16N4O2/c26-20(14-15-6-2-1-3-7-15)22-17-12-10-16(11-13-17)21(27)25-19-9-5-4-8-18(19)23-24-25/h1-13H,14H2,(H,22,26). The van der Waals surface area contributed by atoms with Crippen molar-refractivity contribution in [2.75, 3.05) is 5.32 Å². The Balaban J connectivity index is 1.47. The summed E-state index contributed by atoms with van der Waals surface area (Å²) in [5.74, 6) is -0.381. The molecule has 0 fully saturated rings. The van der Waals surface area contributed by atoms with Crippen molar-refractivity contribution in [2.45, 2.75) is 6.42 Å². The van der Waals surface area contributed by atoms with E-state index in [9.17, 15) is 9.59 Å². The first-order valence-corrected chi connectivity index (χ1v) is 8.50. The Morgan fingerprint density at radius 2 is 1.56 bits per heavy atom. The predicted molar refractivity (Wildman–Crippen MR) is 102 cm³/mol. The maximum absolute atomic E-state index is 12.7. The van der Waals surface area contributed by atoms with Crippen molar-refractivity contribution < 1.29 is 9.59 Å². The fourth-order valence-electron chi connectivity index (χ4n) is 2.82. The summed E-state index contributed by atoms with van der Waals surface area (Å²) in [4.78, 5) is 24.8. The number of nitrogens with zero attached hydrogens (tertiary/aromatic N) is 3. The lowest BCUT2D eigenvalue weighted by molar-refractivity contribution is -0.115. The van der Waals surface area contributed by atoms with Crippen molar-refractivity contribution in [1.82, 2.24) is 15.0 Å². The van der Waals surface area contributed by atoms with Gasteiger partial charge in [-0.25, -0.2) is 0 Å². The van der Waals surface area contributed by atoms with Gasteiger partial charge in [0.1, 0.15) is 5.52 Å². The molecule has 0 saturated carbocycles. The lowest BCUT2D eigenvalue weighted by Gasteiger charge is -2.07. The Bertz CT molecular complexity index is 1100. The number of fused-ring (bicyclic) bond motifs is 1. The first-order chi connectivity index (χ1) is 13.2. The highest BCUT2D eigenvalue weighted by atomic mass is 16.2. The number of rotatable bonds is 4. The van der Waals surface area contributed by atoms with E-state index >= 15 is 0 Å². The molecule has 0 aliphatic carbocycles. The first-order valence-electron chi connectivity index (χ1n) is 8.50. The number of para-hydroxylation sites is 1. The molecular formula is C21H16N4O2. The van der Waals surface area contributed by atoms with Crippen LogP contribution in [0.1, 0.15) is 15.9 Å². The topological polar surface area (TPSA) is 76.9 Å². The third-order valence-electron chi connectivity index (χ3n) is 4.17. The smallest absolute Gasteiger partial charge is 0.280 e. The molecule has 0 atom stereocenters. The molecule has 0 aliphatic heterocycles. The van der Waals surface area contributed by atoms with E-state index in [4.69, 9.17) is 0 Å². The van der Waals surface area contributed by atoms with Gasteiger partial charge in [-0.2, -0.15) is 4.68 Å². The number of carbonyl (C=O) groups is 2. The van der Waals surface area contributed by atoms with Crippen LogP contribution in [-0.4, -0.2) is 26.8 Å². The minimum atomic E-state index is -0.272. The monoisotopic (exact) mass is 356 g/mol. The molecule has 4 rings (SSSR count). The Labute approximate surface area is 155 Å². The van der Waals surface area contributed by atoms with Gasteiger partial charge < -0.3 is 5.32 Å². The van der Waals surface area contributed by atoms with Gasteiger partial charge in [0.25, 0.3) is 5.91 Å². The quantitative estimate of drug-likeness (QED) is 0.609. The second-order valence-corrected chi connectivity index (χ2v) is 6.08. The zero-order valence-electron chi connectivity index (χ0n) is 14.4. The molecule has 0 bridgehead atoms. The Morgan fingerprint density at radius 3 is 2.33 bits per heavy atom. The van der Waals surface area contributed by atoms with Gasteiger partial charge in [0, 0.05) is 11.3 Å². The number of benzene rings is 3. The van der Waals surface area contributed by atoms with E-state index in [2.05, 4.69) is 15.6 Å². The molecule has 4 aromatic rings. The summed E-state index contributed by atoms with van der Waals surface area (Å²) in [5, 5.41) is 10.8. The lowest BCUT2D eigenvalue weighted by Crippen LogP contribution is -2.15. The molecule has 0 saturated heterocycles. The van der Waals surface area contributed by atoms with E-state index in [1.54, 1.807) is 36.4 Å². The number of hydrogen-bond donors (Lipinski definition) is 1. The highest BCUT2D eigenvalue weighted by Gasteiger charge is 2.14. The van der Waals surface area contributed by atoms with Crippen LogP contribution in [0.15, 0.2) is 78.9 Å². The second kappa shape index (κ2) is 7.21. The summed E-state index contributed by atoms with van der Waals surface area (Å²) in [6.07, 6.45) is 0.298. The molecule has 1 heterocycles. The molecule has 1 aromatic heterocycles. The average Bonchev–Trinajstić information content (AvgIpc) is 3.13. The van der Waals surface area contributed by atoms with Crippen molar-refractivity contribution in [3.05, 3.63) is 90.0 Å². The number of anilines is 1. The van der Waals surface area contributed by atoms with Gasteiger partial charge in [-0.05, 0) is 42.0 Å². The van der Waals surface area contributed by atoms with Crippen LogP contribution in [0.5, 0.6) is 0 Å². The Hall–Kier alpha value is -3.80. The van der Waals surface area contributed by atoms with Gasteiger partial charge in [-0.15, -0.1) is 5.10 Å². The third kappa shape index (κ3) is 3.59. The van der Waals surface area contributed by atoms with Crippen molar-refractivity contribution in [3.8, 4) is 0 Å². The summed E-state index contributed by atoms with van der Waals surface area (Å²) < 4.78 is 1.28. The maximum Gasteiger partial charge on any atom is 0.280 e. The highest BCUT2D eigenvalue weighted by molar-refractivity contribution is 6.00. The van der Waals surface area contributed by atoms with Crippen molar-refractivity contribution >= 4 is 28.5 Å². The van der Waals surface area contributed by atoms with Gasteiger partial charge >= 0.3 is 0 Å². The van der Waals surface area contributed by atoms with Crippen molar-refractivity contribution in [3.63, 3.8) is 0 Å². The third-order valence-corrected chi connectivity index (χ3v) is 4.17. The SMILES string of the molecule is O=C(Cc1ccccc1)Nc1ccc(C(=O)n2nnc3ccccc32)cc1. The molecular weight excluding hydrogens is 340 g/mol. The van der Waals surface area contributed by atoms with Crippen LogP contribution < -0.4 is 5.32 Å². The summed E-state index contributed by atoms with van der Waals surface area (Å²) in [5.41, 5.74) is 3.36. The lowest BCUT2D eigenvalue weighted by atomic mass is 10.1. The predicted octanol–water partition coefficient (Wildman–Crippen LogP) is 3.30. The van der Waals surface area contributed by atoms with Crippen LogP contribution in [0.25, 0.3) is 11.0 Å². The number of carbonyl (C=O) groups excluding carboxylic acids is 2.